The summed E-state index contributed by atoms with van der Waals surface area (Å²) < 4.78 is 17.6. The average Bonchev–Trinajstić information content (AvgIpc) is 1.59. The van der Waals surface area contributed by atoms with E-state index in [-0.39, 0.29) is 0 Å². The summed E-state index contributed by atoms with van der Waals surface area (Å²) in [5, 5.41) is 9.46. The first-order valence-electron chi connectivity index (χ1n) is 44.1. The second-order valence-electron chi connectivity index (χ2n) is 33.0. The van der Waals surface area contributed by atoms with Gasteiger partial charge in [-0.25, -0.2) is 0 Å². The van der Waals surface area contributed by atoms with Gasteiger partial charge in [-0.1, -0.05) is 309 Å². The van der Waals surface area contributed by atoms with Gasteiger partial charge in [-0.2, -0.15) is 0 Å². The minimum atomic E-state index is 0.898. The Morgan fingerprint density at radius 2 is 0.423 bits per heavy atom. The highest BCUT2D eigenvalue weighted by atomic mass is 32.1. The van der Waals surface area contributed by atoms with E-state index in [4.69, 9.17) is 8.83 Å². The average molecular weight is 1700 g/mol. The number of rotatable bonds is 17. The van der Waals surface area contributed by atoms with Crippen LogP contribution >= 0.6 is 22.7 Å². The number of nitrogens with zero attached hydrogens (tertiary/aromatic N) is 4. The van der Waals surface area contributed by atoms with Crippen molar-refractivity contribution < 1.29 is 8.83 Å². The zero-order valence-corrected chi connectivity index (χ0v) is 72.2. The van der Waals surface area contributed by atoms with E-state index in [9.17, 15) is 0 Å². The number of anilines is 6. The largest absolute Gasteiger partial charge is 0.455 e. The first-order valence-corrected chi connectivity index (χ1v) is 45.7. The van der Waals surface area contributed by atoms with Gasteiger partial charge in [-0.15, -0.1) is 22.7 Å². The fraction of sp³-hybridized carbons (Fsp3) is 0. The van der Waals surface area contributed by atoms with Crippen molar-refractivity contribution in [1.29, 1.82) is 0 Å². The normalized spacial score (nSPS) is 11.5. The van der Waals surface area contributed by atoms with Crippen molar-refractivity contribution in [3.05, 3.63) is 485 Å². The lowest BCUT2D eigenvalue weighted by Gasteiger charge is -2.26. The Bertz CT molecular complexity index is 8190. The molecular formula is C122H80N4O2S2. The molecule has 0 aliphatic heterocycles. The Morgan fingerprint density at radius 3 is 0.785 bits per heavy atom. The standard InChI is InChI=1S/C62H42N2S2.C60H38N2O2/c1-5-13-43(14-6-1)49-27-35-57-55(41-49)56-42-50(28-36-58(56)64(57)51-19-11-4-12-20-51)44-21-29-52(30-22-44)63(53-31-23-47(24-32-53)61-39-37-59(65-61)45-15-7-2-8-16-45)54-33-25-48(26-34-54)62-40-38-60(66-62)46-17-9-3-10-18-46;1-2-12-43(13-3-1)62-55-21-7-4-14-49(55)54-38-42(30-37-56(54)62)39-24-31-44(32-25-39)61(45-33-26-40(27-34-45)47-17-10-19-52-50-15-5-8-22-57(50)63-59(47)52)46-35-28-41(29-36-46)48-18-11-20-53-51-16-6-9-23-58(51)64-60(48)53/h1-42H;1-38H. The number of benzene rings is 19. The number of aromatic nitrogens is 2. The number of fused-ring (bicyclic) bond motifs is 12. The topological polar surface area (TPSA) is 42.6 Å². The van der Waals surface area contributed by atoms with Gasteiger partial charge in [0.2, 0.25) is 0 Å². The van der Waals surface area contributed by atoms with E-state index in [0.29, 0.717) is 0 Å². The third-order valence-corrected chi connectivity index (χ3v) is 27.7. The first kappa shape index (κ1) is 77.0. The quantitative estimate of drug-likeness (QED) is 0.0911. The Labute approximate surface area is 760 Å². The number of furan rings is 2. The third kappa shape index (κ3) is 14.2. The van der Waals surface area contributed by atoms with Crippen LogP contribution < -0.4 is 9.80 Å². The third-order valence-electron chi connectivity index (χ3n) is 25.3. The SMILES string of the molecule is c1ccc(-c2ccc3c(c2)c2cc(-c4ccc(N(c5ccc(-c6ccc(-c7ccccc7)s6)cc5)c5ccc(-c6ccc(-c7ccccc7)s6)cc5)cc4)ccc2n3-c2ccccc2)cc1.c1ccc(-n2c3ccccc3c3cc(-c4ccc(N(c5ccc(-c6cccc7c6oc6ccccc67)cc5)c5ccc(-c6cccc7c6oc6ccccc67)cc5)cc4)ccc32)cc1. The first-order chi connectivity index (χ1) is 64.4. The van der Waals surface area contributed by atoms with E-state index in [1.807, 2.05) is 46.9 Å². The zero-order valence-electron chi connectivity index (χ0n) is 70.6. The molecule has 0 bridgehead atoms. The van der Waals surface area contributed by atoms with Crippen molar-refractivity contribution in [3.63, 3.8) is 0 Å². The van der Waals surface area contributed by atoms with Crippen LogP contribution in [0.5, 0.6) is 0 Å². The molecule has 0 saturated heterocycles. The summed E-state index contributed by atoms with van der Waals surface area (Å²) >= 11 is 3.66. The smallest absolute Gasteiger partial charge is 0.143 e. The summed E-state index contributed by atoms with van der Waals surface area (Å²) in [4.78, 5) is 9.76. The van der Waals surface area contributed by atoms with Gasteiger partial charge in [0.25, 0.3) is 0 Å². The Balaban J connectivity index is 0.000000144. The predicted octanol–water partition coefficient (Wildman–Crippen LogP) is 35.4. The Hall–Kier alpha value is -16.6. The minimum Gasteiger partial charge on any atom is -0.455 e. The minimum absolute atomic E-state index is 0.898. The molecule has 0 N–H and O–H groups in total. The van der Waals surface area contributed by atoms with E-state index < -0.39 is 0 Å². The molecule has 25 aromatic rings. The van der Waals surface area contributed by atoms with Crippen molar-refractivity contribution in [2.45, 2.75) is 0 Å². The van der Waals surface area contributed by atoms with Gasteiger partial charge in [0, 0.05) is 119 Å². The Kier molecular flexibility index (Phi) is 19.6. The fourth-order valence-corrected chi connectivity index (χ4v) is 21.0. The number of hydrogen-bond donors (Lipinski definition) is 0. The molecular weight excluding hydrogens is 1620 g/mol. The van der Waals surface area contributed by atoms with Crippen LogP contribution in [-0.2, 0) is 0 Å². The van der Waals surface area contributed by atoms with Crippen LogP contribution in [0.4, 0.5) is 34.1 Å². The molecule has 0 atom stereocenters. The molecule has 0 amide bonds. The Morgan fingerprint density at radius 1 is 0.169 bits per heavy atom. The summed E-state index contributed by atoms with van der Waals surface area (Å²) in [6.45, 7) is 0. The number of thiophene rings is 2. The highest BCUT2D eigenvalue weighted by molar-refractivity contribution is 7.19. The lowest BCUT2D eigenvalue weighted by molar-refractivity contribution is 0.669. The summed E-state index contributed by atoms with van der Waals surface area (Å²) in [5.41, 5.74) is 33.5. The molecule has 612 valence electrons. The van der Waals surface area contributed by atoms with Gasteiger partial charge in [0.15, 0.2) is 0 Å². The van der Waals surface area contributed by atoms with Crippen LogP contribution in [0.15, 0.2) is 494 Å². The van der Waals surface area contributed by atoms with E-state index in [1.54, 1.807) is 0 Å². The molecule has 8 heteroatoms. The highest BCUT2D eigenvalue weighted by Crippen LogP contribution is 2.47. The molecule has 19 aromatic carbocycles. The molecule has 0 spiro atoms. The van der Waals surface area contributed by atoms with Gasteiger partial charge >= 0.3 is 0 Å². The number of hydrogen-bond acceptors (Lipinski definition) is 6. The van der Waals surface area contributed by atoms with Crippen LogP contribution in [0.25, 0.3) is 196 Å². The lowest BCUT2D eigenvalue weighted by atomic mass is 10.00. The zero-order chi connectivity index (χ0) is 86.0. The number of para-hydroxylation sites is 7. The highest BCUT2D eigenvalue weighted by Gasteiger charge is 2.23. The monoisotopic (exact) mass is 1700 g/mol. The molecule has 0 unspecified atom stereocenters. The maximum atomic E-state index is 6.44. The van der Waals surface area contributed by atoms with Gasteiger partial charge in [-0.3, -0.25) is 0 Å². The second-order valence-corrected chi connectivity index (χ2v) is 35.2. The van der Waals surface area contributed by atoms with Gasteiger partial charge < -0.3 is 27.8 Å². The molecule has 0 saturated carbocycles. The van der Waals surface area contributed by atoms with Crippen molar-refractivity contribution in [2.75, 3.05) is 9.80 Å². The summed E-state index contributed by atoms with van der Waals surface area (Å²) in [5.74, 6) is 0. The molecule has 0 aliphatic carbocycles. The molecule has 6 aromatic heterocycles. The van der Waals surface area contributed by atoms with Crippen molar-refractivity contribution >= 4 is 144 Å². The van der Waals surface area contributed by atoms with E-state index in [0.717, 1.165) is 117 Å². The van der Waals surface area contributed by atoms with E-state index >= 15 is 0 Å². The van der Waals surface area contributed by atoms with Gasteiger partial charge in [0.05, 0.1) is 22.1 Å². The van der Waals surface area contributed by atoms with Crippen LogP contribution in [0.3, 0.4) is 0 Å². The second kappa shape index (κ2) is 33.1. The van der Waals surface area contributed by atoms with Crippen molar-refractivity contribution in [1.82, 2.24) is 9.13 Å². The maximum Gasteiger partial charge on any atom is 0.143 e. The molecule has 130 heavy (non-hydrogen) atoms. The molecule has 0 aliphatic rings. The molecule has 25 rings (SSSR count). The molecule has 6 heterocycles. The summed E-state index contributed by atoms with van der Waals surface area (Å²) in [6, 6.07) is 175. The predicted molar refractivity (Wildman–Crippen MR) is 550 cm³/mol. The lowest BCUT2D eigenvalue weighted by Crippen LogP contribution is -2.09. The fourth-order valence-electron chi connectivity index (χ4n) is 19.0. The van der Waals surface area contributed by atoms with Crippen LogP contribution in [0.1, 0.15) is 0 Å². The van der Waals surface area contributed by atoms with Crippen molar-refractivity contribution in [3.8, 4) is 109 Å². The molecule has 0 fully saturated rings. The van der Waals surface area contributed by atoms with Crippen LogP contribution in [-0.4, -0.2) is 9.13 Å². The summed E-state index contributed by atoms with van der Waals surface area (Å²) in [6.07, 6.45) is 0. The van der Waals surface area contributed by atoms with Crippen LogP contribution in [0.2, 0.25) is 0 Å². The van der Waals surface area contributed by atoms with E-state index in [1.165, 1.54) is 113 Å². The maximum absolute atomic E-state index is 6.44. The van der Waals surface area contributed by atoms with Gasteiger partial charge in [0.1, 0.15) is 22.3 Å². The van der Waals surface area contributed by atoms with Crippen LogP contribution in [0, 0.1) is 0 Å². The summed E-state index contributed by atoms with van der Waals surface area (Å²) in [7, 11) is 0. The molecule has 6 nitrogen and oxygen atoms in total. The van der Waals surface area contributed by atoms with Gasteiger partial charge in [-0.05, 0) is 243 Å². The van der Waals surface area contributed by atoms with Crippen molar-refractivity contribution in [2.24, 2.45) is 0 Å². The van der Waals surface area contributed by atoms with E-state index in [2.05, 4.69) is 480 Å². The molecule has 0 radical (unpaired) electrons.